The molecule has 0 aromatic heterocycles. The zero-order chi connectivity index (χ0) is 18.5. The van der Waals surface area contributed by atoms with E-state index >= 15 is 0 Å². The van der Waals surface area contributed by atoms with Gasteiger partial charge in [0.25, 0.3) is 10.0 Å². The van der Waals surface area contributed by atoms with E-state index in [9.17, 15) is 8.42 Å². The zero-order valence-electron chi connectivity index (χ0n) is 15.3. The van der Waals surface area contributed by atoms with E-state index in [-0.39, 0.29) is 10.3 Å². The molecule has 0 atom stereocenters. The fraction of sp³-hybridized carbons (Fsp3) is 0.400. The molecule has 2 aliphatic rings. The standard InChI is InChI=1S/C20H23NO4S/c1-20(2,3)14-4-6-15(7-5-14)26(22,23)21-18-16-9-11-24-17(16)12-13-8-10-25-19(13)18/h4-7,12,21H,8-11H2,1-3H3. The van der Waals surface area contributed by atoms with Crippen molar-refractivity contribution in [2.45, 2.75) is 43.9 Å². The average molecular weight is 373 g/mol. The average Bonchev–Trinajstić information content (AvgIpc) is 3.22. The molecular formula is C20H23NO4S. The maximum atomic E-state index is 13.0. The van der Waals surface area contributed by atoms with Crippen LogP contribution >= 0.6 is 0 Å². The molecular weight excluding hydrogens is 350 g/mol. The first-order chi connectivity index (χ1) is 12.3. The summed E-state index contributed by atoms with van der Waals surface area (Å²) in [5.74, 6) is 1.40. The third kappa shape index (κ3) is 2.92. The molecule has 0 aliphatic carbocycles. The van der Waals surface area contributed by atoms with Gasteiger partial charge in [0.15, 0.2) is 0 Å². The van der Waals surface area contributed by atoms with Crippen LogP contribution < -0.4 is 14.2 Å². The number of nitrogens with one attached hydrogen (secondary N) is 1. The summed E-state index contributed by atoms with van der Waals surface area (Å²) in [5, 5.41) is 0. The van der Waals surface area contributed by atoms with Crippen molar-refractivity contribution in [2.75, 3.05) is 17.9 Å². The highest BCUT2D eigenvalue weighted by molar-refractivity contribution is 7.92. The topological polar surface area (TPSA) is 64.6 Å². The monoisotopic (exact) mass is 373 g/mol. The van der Waals surface area contributed by atoms with Crippen LogP contribution in [0.1, 0.15) is 37.5 Å². The van der Waals surface area contributed by atoms with Gasteiger partial charge in [-0.1, -0.05) is 32.9 Å². The Kier molecular flexibility index (Phi) is 3.91. The second-order valence-corrected chi connectivity index (χ2v) is 9.48. The second-order valence-electron chi connectivity index (χ2n) is 7.79. The Hall–Kier alpha value is -2.21. The fourth-order valence-corrected chi connectivity index (χ4v) is 4.52. The van der Waals surface area contributed by atoms with Crippen molar-refractivity contribution >= 4 is 15.7 Å². The molecule has 2 aromatic rings. The molecule has 6 heteroatoms. The molecule has 0 saturated carbocycles. The summed E-state index contributed by atoms with van der Waals surface area (Å²) < 4.78 is 40.0. The Morgan fingerprint density at radius 1 is 1.00 bits per heavy atom. The fourth-order valence-electron chi connectivity index (χ4n) is 3.42. The van der Waals surface area contributed by atoms with Crippen LogP contribution in [0.15, 0.2) is 35.2 Å². The number of fused-ring (bicyclic) bond motifs is 2. The van der Waals surface area contributed by atoms with E-state index in [2.05, 4.69) is 25.5 Å². The Morgan fingerprint density at radius 2 is 1.69 bits per heavy atom. The van der Waals surface area contributed by atoms with Gasteiger partial charge < -0.3 is 9.47 Å². The van der Waals surface area contributed by atoms with E-state index in [4.69, 9.17) is 9.47 Å². The van der Waals surface area contributed by atoms with Crippen LogP contribution in [0.3, 0.4) is 0 Å². The van der Waals surface area contributed by atoms with E-state index in [0.717, 1.165) is 28.9 Å². The second kappa shape index (κ2) is 5.91. The van der Waals surface area contributed by atoms with E-state index in [1.54, 1.807) is 12.1 Å². The van der Waals surface area contributed by atoms with Crippen molar-refractivity contribution in [3.05, 3.63) is 47.0 Å². The van der Waals surface area contributed by atoms with Gasteiger partial charge in [-0.2, -0.15) is 0 Å². The lowest BCUT2D eigenvalue weighted by Crippen LogP contribution is -2.16. The summed E-state index contributed by atoms with van der Waals surface area (Å²) in [6.45, 7) is 7.43. The van der Waals surface area contributed by atoms with Crippen molar-refractivity contribution in [1.29, 1.82) is 0 Å². The number of hydrogen-bond donors (Lipinski definition) is 1. The first-order valence-electron chi connectivity index (χ1n) is 8.83. The third-order valence-electron chi connectivity index (χ3n) is 4.92. The summed E-state index contributed by atoms with van der Waals surface area (Å²) >= 11 is 0. The number of rotatable bonds is 3. The number of hydrogen-bond acceptors (Lipinski definition) is 4. The SMILES string of the molecule is CC(C)(C)c1ccc(S(=O)(=O)Nc2c3c(cc4c2OCC4)OCC3)cc1. The van der Waals surface area contributed by atoms with Crippen molar-refractivity contribution in [1.82, 2.24) is 0 Å². The minimum atomic E-state index is -3.70. The Balaban J connectivity index is 1.71. The van der Waals surface area contributed by atoms with Gasteiger partial charge in [-0.25, -0.2) is 8.42 Å². The van der Waals surface area contributed by atoms with Gasteiger partial charge in [0.05, 0.1) is 23.8 Å². The summed E-state index contributed by atoms with van der Waals surface area (Å²) in [5.41, 5.74) is 3.47. The lowest BCUT2D eigenvalue weighted by molar-refractivity contribution is 0.356. The molecule has 5 nitrogen and oxygen atoms in total. The van der Waals surface area contributed by atoms with Crippen LogP contribution in [0, 0.1) is 0 Å². The lowest BCUT2D eigenvalue weighted by Gasteiger charge is -2.19. The van der Waals surface area contributed by atoms with Gasteiger partial charge in [0, 0.05) is 24.0 Å². The van der Waals surface area contributed by atoms with Crippen LogP contribution in [0.25, 0.3) is 0 Å². The molecule has 0 radical (unpaired) electrons. The number of sulfonamides is 1. The predicted molar refractivity (Wildman–Crippen MR) is 101 cm³/mol. The molecule has 26 heavy (non-hydrogen) atoms. The maximum Gasteiger partial charge on any atom is 0.262 e. The van der Waals surface area contributed by atoms with Gasteiger partial charge in [0.2, 0.25) is 0 Å². The van der Waals surface area contributed by atoms with Crippen LogP contribution in [-0.4, -0.2) is 21.6 Å². The third-order valence-corrected chi connectivity index (χ3v) is 6.28. The largest absolute Gasteiger partial charge is 0.493 e. The molecule has 0 spiro atoms. The van der Waals surface area contributed by atoms with Crippen LogP contribution in [-0.2, 0) is 28.3 Å². The van der Waals surface area contributed by atoms with Crippen LogP contribution in [0.5, 0.6) is 11.5 Å². The van der Waals surface area contributed by atoms with Crippen molar-refractivity contribution in [3.63, 3.8) is 0 Å². The molecule has 0 fully saturated rings. The molecule has 2 heterocycles. The molecule has 0 amide bonds. The van der Waals surface area contributed by atoms with Gasteiger partial charge in [-0.05, 0) is 29.2 Å². The molecule has 0 unspecified atom stereocenters. The highest BCUT2D eigenvalue weighted by Gasteiger charge is 2.29. The maximum absolute atomic E-state index is 13.0. The molecule has 2 aliphatic heterocycles. The minimum absolute atomic E-state index is 0.0258. The Morgan fingerprint density at radius 3 is 2.38 bits per heavy atom. The Bertz CT molecular complexity index is 925. The first-order valence-corrected chi connectivity index (χ1v) is 10.3. The zero-order valence-corrected chi connectivity index (χ0v) is 16.1. The van der Waals surface area contributed by atoms with Crippen molar-refractivity contribution < 1.29 is 17.9 Å². The quantitative estimate of drug-likeness (QED) is 0.892. The Labute approximate surface area is 154 Å². The van der Waals surface area contributed by atoms with Crippen molar-refractivity contribution in [3.8, 4) is 11.5 Å². The normalized spacial score (nSPS) is 15.8. The van der Waals surface area contributed by atoms with Gasteiger partial charge in [-0.3, -0.25) is 4.72 Å². The van der Waals surface area contributed by atoms with E-state index < -0.39 is 10.0 Å². The highest BCUT2D eigenvalue weighted by Crippen LogP contribution is 2.45. The van der Waals surface area contributed by atoms with Gasteiger partial charge >= 0.3 is 0 Å². The molecule has 0 saturated heterocycles. The van der Waals surface area contributed by atoms with Crippen molar-refractivity contribution in [2.24, 2.45) is 0 Å². The number of benzene rings is 2. The first kappa shape index (κ1) is 17.2. The lowest BCUT2D eigenvalue weighted by atomic mass is 9.87. The molecule has 0 bridgehead atoms. The molecule has 2 aromatic carbocycles. The number of ether oxygens (including phenoxy) is 2. The number of anilines is 1. The highest BCUT2D eigenvalue weighted by atomic mass is 32.2. The minimum Gasteiger partial charge on any atom is -0.493 e. The molecule has 138 valence electrons. The summed E-state index contributed by atoms with van der Waals surface area (Å²) in [6, 6.07) is 9.02. The van der Waals surface area contributed by atoms with E-state index in [1.165, 1.54) is 0 Å². The summed E-state index contributed by atoms with van der Waals surface area (Å²) in [7, 11) is -3.70. The van der Waals surface area contributed by atoms with E-state index in [0.29, 0.717) is 31.1 Å². The summed E-state index contributed by atoms with van der Waals surface area (Å²) in [6.07, 6.45) is 1.44. The van der Waals surface area contributed by atoms with Gasteiger partial charge in [-0.15, -0.1) is 0 Å². The predicted octanol–water partition coefficient (Wildman–Crippen LogP) is 3.65. The smallest absolute Gasteiger partial charge is 0.262 e. The van der Waals surface area contributed by atoms with Crippen LogP contribution in [0.4, 0.5) is 5.69 Å². The van der Waals surface area contributed by atoms with Gasteiger partial charge in [0.1, 0.15) is 11.5 Å². The summed E-state index contributed by atoms with van der Waals surface area (Å²) in [4.78, 5) is 0.244. The molecule has 4 rings (SSSR count). The molecule has 1 N–H and O–H groups in total. The van der Waals surface area contributed by atoms with Crippen LogP contribution in [0.2, 0.25) is 0 Å². The van der Waals surface area contributed by atoms with E-state index in [1.807, 2.05) is 18.2 Å².